The first-order chi connectivity index (χ1) is 7.29. The molecule has 4 nitrogen and oxygen atoms in total. The molecule has 3 N–H and O–H groups in total. The number of rotatable bonds is 4. The lowest BCUT2D eigenvalue weighted by atomic mass is 10.2. The van der Waals surface area contributed by atoms with Gasteiger partial charge in [0.15, 0.2) is 0 Å². The molecule has 1 atom stereocenters. The van der Waals surface area contributed by atoms with Gasteiger partial charge in [0.1, 0.15) is 0 Å². The summed E-state index contributed by atoms with van der Waals surface area (Å²) < 4.78 is 0. The van der Waals surface area contributed by atoms with Crippen LogP contribution in [0.2, 0.25) is 0 Å². The molecule has 0 aliphatic rings. The summed E-state index contributed by atoms with van der Waals surface area (Å²) in [5.41, 5.74) is 3.78. The van der Waals surface area contributed by atoms with Gasteiger partial charge in [-0.1, -0.05) is 0 Å². The molecule has 0 bridgehead atoms. The standard InChI is InChI=1S/C9H12N4S2/c1-6-12-8(5-15-6)7(13-10)4-9-11-2-3-14-9/h2-3,5,7,13H,4,10H2,1H3. The number of thiazole rings is 2. The van der Waals surface area contributed by atoms with Gasteiger partial charge in [-0.05, 0) is 6.92 Å². The summed E-state index contributed by atoms with van der Waals surface area (Å²) in [5.74, 6) is 5.52. The van der Waals surface area contributed by atoms with E-state index >= 15 is 0 Å². The third kappa shape index (κ3) is 2.60. The Labute approximate surface area is 96.2 Å². The van der Waals surface area contributed by atoms with E-state index in [1.807, 2.05) is 17.7 Å². The highest BCUT2D eigenvalue weighted by molar-refractivity contribution is 7.09. The minimum absolute atomic E-state index is 0.0566. The van der Waals surface area contributed by atoms with Crippen LogP contribution in [-0.4, -0.2) is 9.97 Å². The molecule has 2 aromatic heterocycles. The van der Waals surface area contributed by atoms with Crippen LogP contribution >= 0.6 is 22.7 Å². The Kier molecular flexibility index (Phi) is 3.42. The van der Waals surface area contributed by atoms with Crippen molar-refractivity contribution in [3.05, 3.63) is 32.7 Å². The minimum Gasteiger partial charge on any atom is -0.271 e. The van der Waals surface area contributed by atoms with Crippen molar-refractivity contribution in [1.82, 2.24) is 15.4 Å². The second-order valence-corrected chi connectivity index (χ2v) is 5.18. The Morgan fingerprint density at radius 1 is 1.53 bits per heavy atom. The van der Waals surface area contributed by atoms with E-state index < -0.39 is 0 Å². The Morgan fingerprint density at radius 2 is 2.40 bits per heavy atom. The highest BCUT2D eigenvalue weighted by Gasteiger charge is 2.14. The molecule has 15 heavy (non-hydrogen) atoms. The Balaban J connectivity index is 2.11. The molecule has 2 rings (SSSR count). The summed E-state index contributed by atoms with van der Waals surface area (Å²) in [6.07, 6.45) is 2.59. The van der Waals surface area contributed by atoms with Crippen molar-refractivity contribution in [1.29, 1.82) is 0 Å². The molecule has 0 aromatic carbocycles. The van der Waals surface area contributed by atoms with Crippen molar-refractivity contribution in [3.63, 3.8) is 0 Å². The molecule has 0 radical (unpaired) electrons. The van der Waals surface area contributed by atoms with E-state index in [0.29, 0.717) is 0 Å². The fraction of sp³-hybridized carbons (Fsp3) is 0.333. The fourth-order valence-electron chi connectivity index (χ4n) is 1.32. The van der Waals surface area contributed by atoms with Crippen molar-refractivity contribution in [2.45, 2.75) is 19.4 Å². The maximum atomic E-state index is 5.52. The number of nitrogens with one attached hydrogen (secondary N) is 1. The maximum Gasteiger partial charge on any atom is 0.0944 e. The van der Waals surface area contributed by atoms with Gasteiger partial charge in [-0.15, -0.1) is 22.7 Å². The molecular weight excluding hydrogens is 228 g/mol. The number of hydrazine groups is 1. The van der Waals surface area contributed by atoms with Gasteiger partial charge in [0.2, 0.25) is 0 Å². The first-order valence-electron chi connectivity index (χ1n) is 4.56. The van der Waals surface area contributed by atoms with E-state index in [1.165, 1.54) is 0 Å². The van der Waals surface area contributed by atoms with Crippen LogP contribution in [-0.2, 0) is 6.42 Å². The zero-order valence-electron chi connectivity index (χ0n) is 8.30. The first-order valence-corrected chi connectivity index (χ1v) is 6.32. The van der Waals surface area contributed by atoms with Gasteiger partial charge in [-0.2, -0.15) is 0 Å². The zero-order chi connectivity index (χ0) is 10.7. The van der Waals surface area contributed by atoms with Gasteiger partial charge in [0, 0.05) is 23.4 Å². The summed E-state index contributed by atoms with van der Waals surface area (Å²) in [4.78, 5) is 8.65. The zero-order valence-corrected chi connectivity index (χ0v) is 9.94. The average Bonchev–Trinajstić information content (AvgIpc) is 2.85. The van der Waals surface area contributed by atoms with E-state index in [-0.39, 0.29) is 6.04 Å². The summed E-state index contributed by atoms with van der Waals surface area (Å²) in [7, 11) is 0. The van der Waals surface area contributed by atoms with E-state index in [4.69, 9.17) is 5.84 Å². The Morgan fingerprint density at radius 3 is 2.93 bits per heavy atom. The average molecular weight is 240 g/mol. The predicted octanol–water partition coefficient (Wildman–Crippen LogP) is 1.66. The van der Waals surface area contributed by atoms with Crippen LogP contribution in [0.15, 0.2) is 17.0 Å². The number of hydrogen-bond donors (Lipinski definition) is 2. The molecule has 6 heteroatoms. The third-order valence-electron chi connectivity index (χ3n) is 2.06. The second kappa shape index (κ2) is 4.80. The van der Waals surface area contributed by atoms with E-state index in [9.17, 15) is 0 Å². The van der Waals surface area contributed by atoms with Crippen LogP contribution in [0.25, 0.3) is 0 Å². The van der Waals surface area contributed by atoms with Crippen LogP contribution in [0.4, 0.5) is 0 Å². The van der Waals surface area contributed by atoms with Crippen LogP contribution in [0.3, 0.4) is 0 Å². The summed E-state index contributed by atoms with van der Waals surface area (Å²) in [6, 6.07) is 0.0566. The number of aromatic nitrogens is 2. The molecule has 0 spiro atoms. The monoisotopic (exact) mass is 240 g/mol. The third-order valence-corrected chi connectivity index (χ3v) is 3.65. The summed E-state index contributed by atoms with van der Waals surface area (Å²) >= 11 is 3.27. The molecule has 1 unspecified atom stereocenters. The number of nitrogens with two attached hydrogens (primary N) is 1. The van der Waals surface area contributed by atoms with Crippen molar-refractivity contribution < 1.29 is 0 Å². The highest BCUT2D eigenvalue weighted by atomic mass is 32.1. The molecule has 0 amide bonds. The SMILES string of the molecule is Cc1nc(C(Cc2nccs2)NN)cs1. The van der Waals surface area contributed by atoms with Crippen molar-refractivity contribution in [2.24, 2.45) is 5.84 Å². The van der Waals surface area contributed by atoms with Gasteiger partial charge in [0.05, 0.1) is 21.8 Å². The molecular formula is C9H12N4S2. The lowest BCUT2D eigenvalue weighted by Gasteiger charge is -2.11. The smallest absolute Gasteiger partial charge is 0.0944 e. The molecule has 0 aliphatic carbocycles. The predicted molar refractivity (Wildman–Crippen MR) is 62.7 cm³/mol. The van der Waals surface area contributed by atoms with Gasteiger partial charge >= 0.3 is 0 Å². The first kappa shape index (κ1) is 10.7. The van der Waals surface area contributed by atoms with Crippen LogP contribution in [0.5, 0.6) is 0 Å². The summed E-state index contributed by atoms with van der Waals surface area (Å²) in [6.45, 7) is 1.99. The lowest BCUT2D eigenvalue weighted by molar-refractivity contribution is 0.539. The van der Waals surface area contributed by atoms with E-state index in [2.05, 4.69) is 15.4 Å². The van der Waals surface area contributed by atoms with Gasteiger partial charge in [0.25, 0.3) is 0 Å². The van der Waals surface area contributed by atoms with Crippen molar-refractivity contribution >= 4 is 22.7 Å². The molecule has 0 fully saturated rings. The van der Waals surface area contributed by atoms with E-state index in [0.717, 1.165) is 22.1 Å². The van der Waals surface area contributed by atoms with Crippen molar-refractivity contribution in [3.8, 4) is 0 Å². The normalized spacial score (nSPS) is 12.9. The van der Waals surface area contributed by atoms with E-state index in [1.54, 1.807) is 28.9 Å². The number of aryl methyl sites for hydroxylation is 1. The quantitative estimate of drug-likeness (QED) is 0.630. The number of nitrogens with zero attached hydrogens (tertiary/aromatic N) is 2. The lowest BCUT2D eigenvalue weighted by Crippen LogP contribution is -2.29. The fourth-order valence-corrected chi connectivity index (χ4v) is 2.65. The van der Waals surface area contributed by atoms with Crippen LogP contribution in [0, 0.1) is 6.92 Å². The van der Waals surface area contributed by atoms with Crippen molar-refractivity contribution in [2.75, 3.05) is 0 Å². The summed E-state index contributed by atoms with van der Waals surface area (Å²) in [5, 5.41) is 6.14. The van der Waals surface area contributed by atoms with Gasteiger partial charge < -0.3 is 0 Å². The topological polar surface area (TPSA) is 63.8 Å². The van der Waals surface area contributed by atoms with Gasteiger partial charge in [-0.3, -0.25) is 11.3 Å². The van der Waals surface area contributed by atoms with Crippen LogP contribution in [0.1, 0.15) is 21.8 Å². The highest BCUT2D eigenvalue weighted by Crippen LogP contribution is 2.20. The number of hydrogen-bond acceptors (Lipinski definition) is 6. The molecule has 0 aliphatic heterocycles. The van der Waals surface area contributed by atoms with Crippen LogP contribution < -0.4 is 11.3 Å². The molecule has 2 aromatic rings. The van der Waals surface area contributed by atoms with Gasteiger partial charge in [-0.25, -0.2) is 9.97 Å². The Hall–Kier alpha value is -0.820. The Bertz CT molecular complexity index is 409. The molecule has 80 valence electrons. The maximum absolute atomic E-state index is 5.52. The minimum atomic E-state index is 0.0566. The second-order valence-electron chi connectivity index (χ2n) is 3.14. The molecule has 0 saturated carbocycles. The molecule has 2 heterocycles. The largest absolute Gasteiger partial charge is 0.271 e. The molecule has 0 saturated heterocycles.